The number of H-pyrrole nitrogens is 1. The van der Waals surface area contributed by atoms with E-state index in [4.69, 9.17) is 21.1 Å². The van der Waals surface area contributed by atoms with Gasteiger partial charge in [-0.15, -0.1) is 0 Å². The van der Waals surface area contributed by atoms with Crippen molar-refractivity contribution >= 4 is 23.2 Å². The fraction of sp³-hybridized carbons (Fsp3) is 0.375. The van der Waals surface area contributed by atoms with Crippen molar-refractivity contribution in [3.8, 4) is 22.9 Å². The Hall–Kier alpha value is -4.43. The number of aromatic amines is 1. The molecule has 1 atom stereocenters. The lowest BCUT2D eigenvalue weighted by Crippen LogP contribution is -2.48. The number of carbonyl (C=O) groups is 1. The van der Waals surface area contributed by atoms with Crippen molar-refractivity contribution in [2.75, 3.05) is 37.6 Å². The Labute approximate surface area is 272 Å². The van der Waals surface area contributed by atoms with Crippen LogP contribution in [0.2, 0.25) is 5.02 Å². The number of para-hydroxylation sites is 1. The first-order valence-corrected chi connectivity index (χ1v) is 15.5. The molecule has 0 spiro atoms. The maximum Gasteiger partial charge on any atom is 0.451 e. The van der Waals surface area contributed by atoms with E-state index in [-0.39, 0.29) is 34.8 Å². The molecule has 4 aromatic rings. The summed E-state index contributed by atoms with van der Waals surface area (Å²) in [6, 6.07) is 11.8. The zero-order valence-electron chi connectivity index (χ0n) is 25.2. The molecule has 0 aliphatic carbocycles. The van der Waals surface area contributed by atoms with Gasteiger partial charge in [0.25, 0.3) is 5.79 Å². The number of amides is 1. The summed E-state index contributed by atoms with van der Waals surface area (Å²) in [5.74, 6) is -2.01. The number of pyridine rings is 1. The van der Waals surface area contributed by atoms with Gasteiger partial charge in [0.2, 0.25) is 11.7 Å². The van der Waals surface area contributed by atoms with Crippen LogP contribution in [0.3, 0.4) is 0 Å². The van der Waals surface area contributed by atoms with Gasteiger partial charge >= 0.3 is 6.18 Å². The maximum atomic E-state index is 14.8. The number of fused-ring (bicyclic) bond motifs is 1. The summed E-state index contributed by atoms with van der Waals surface area (Å²) in [4.78, 5) is 24.6. The van der Waals surface area contributed by atoms with E-state index in [1.165, 1.54) is 12.3 Å². The highest BCUT2D eigenvalue weighted by atomic mass is 35.5. The number of rotatable bonds is 6. The monoisotopic (exact) mass is 671 g/mol. The highest BCUT2D eigenvalue weighted by Gasteiger charge is 2.43. The fourth-order valence-corrected chi connectivity index (χ4v) is 6.57. The van der Waals surface area contributed by atoms with Crippen LogP contribution in [-0.2, 0) is 23.3 Å². The predicted molar refractivity (Wildman–Crippen MR) is 164 cm³/mol. The summed E-state index contributed by atoms with van der Waals surface area (Å²) in [6.45, 7) is 4.68. The largest absolute Gasteiger partial charge is 0.451 e. The molecule has 7 rings (SSSR count). The second-order valence-corrected chi connectivity index (χ2v) is 12.4. The van der Waals surface area contributed by atoms with E-state index in [9.17, 15) is 22.4 Å². The third-order valence-corrected chi connectivity index (χ3v) is 9.01. The zero-order valence-corrected chi connectivity index (χ0v) is 26.0. The molecule has 3 aliphatic heterocycles. The number of hydrogen-bond acceptors (Lipinski definition) is 8. The van der Waals surface area contributed by atoms with Crippen LogP contribution in [0.25, 0.3) is 11.4 Å². The molecule has 246 valence electrons. The first-order chi connectivity index (χ1) is 22.5. The molecule has 1 amide bonds. The number of piperidine rings is 1. The Morgan fingerprint density at radius 2 is 1.91 bits per heavy atom. The van der Waals surface area contributed by atoms with Gasteiger partial charge in [-0.05, 0) is 62.2 Å². The lowest BCUT2D eigenvalue weighted by atomic mass is 9.88. The number of alkyl halides is 3. The van der Waals surface area contributed by atoms with E-state index in [0.717, 1.165) is 31.5 Å². The number of nitrogens with zero attached hydrogens (tertiary/aromatic N) is 5. The van der Waals surface area contributed by atoms with Gasteiger partial charge in [0.15, 0.2) is 17.3 Å². The predicted octanol–water partition coefficient (Wildman–Crippen LogP) is 5.64. The molecule has 2 aromatic carbocycles. The van der Waals surface area contributed by atoms with E-state index in [0.29, 0.717) is 48.1 Å². The smallest absolute Gasteiger partial charge is 0.444 e. The van der Waals surface area contributed by atoms with Crippen molar-refractivity contribution in [3.05, 3.63) is 82.1 Å². The third kappa shape index (κ3) is 6.19. The Bertz CT molecular complexity index is 1830. The van der Waals surface area contributed by atoms with E-state index >= 15 is 0 Å². The van der Waals surface area contributed by atoms with Gasteiger partial charge in [0.1, 0.15) is 5.82 Å². The van der Waals surface area contributed by atoms with Gasteiger partial charge in [0, 0.05) is 48.9 Å². The number of carbonyl (C=O) groups excluding carboxylic acids is 1. The summed E-state index contributed by atoms with van der Waals surface area (Å²) in [5, 5.41) is 8.77. The number of anilines is 1. The van der Waals surface area contributed by atoms with Crippen molar-refractivity contribution in [3.63, 3.8) is 0 Å². The molecule has 0 bridgehead atoms. The van der Waals surface area contributed by atoms with E-state index in [1.54, 1.807) is 25.1 Å². The van der Waals surface area contributed by atoms with Crippen LogP contribution >= 0.6 is 11.6 Å². The quantitative estimate of drug-likeness (QED) is 0.254. The van der Waals surface area contributed by atoms with Crippen molar-refractivity contribution < 1.29 is 31.8 Å². The standard InChI is InChI=1S/C32H30ClF4N7O3/c1-31(22-6-5-20(33)14-23(22)34)46-26-4-2-3-21(28(26)47-31)18-7-10-43(11-8-18)16-24-25(44-12-9-38-27(45)17-44)13-19(15-39-24)29-40-30(42-41-29)32(35,36)37/h2-6,13-15,18H,7-12,16-17H2,1H3,(H,38,45)(H,40,41,42)/t31-/m1/s1. The van der Waals surface area contributed by atoms with Gasteiger partial charge in [-0.2, -0.15) is 18.3 Å². The van der Waals surface area contributed by atoms with Crippen LogP contribution in [0, 0.1) is 5.82 Å². The van der Waals surface area contributed by atoms with Crippen LogP contribution in [0.4, 0.5) is 23.2 Å². The SMILES string of the molecule is C[C@@]1(c2ccc(Cl)cc2F)Oc2cccc(C3CCN(Cc4ncc(-c5n[nH]c(C(F)(F)F)n5)cc4N4CCNC(=O)C4)CC3)c2O1. The van der Waals surface area contributed by atoms with Crippen molar-refractivity contribution in [2.24, 2.45) is 0 Å². The normalized spacial score (nSPS) is 20.5. The summed E-state index contributed by atoms with van der Waals surface area (Å²) < 4.78 is 66.8. The molecule has 2 saturated heterocycles. The molecule has 15 heteroatoms. The van der Waals surface area contributed by atoms with Gasteiger partial charge in [-0.1, -0.05) is 23.7 Å². The molecule has 2 fully saturated rings. The number of benzene rings is 2. The summed E-state index contributed by atoms with van der Waals surface area (Å²) in [5.41, 5.74) is 2.91. The minimum Gasteiger partial charge on any atom is -0.444 e. The molecule has 0 saturated carbocycles. The zero-order chi connectivity index (χ0) is 32.9. The van der Waals surface area contributed by atoms with Gasteiger partial charge in [0.05, 0.1) is 23.5 Å². The lowest BCUT2D eigenvalue weighted by molar-refractivity contribution is -0.144. The Morgan fingerprint density at radius 1 is 1.11 bits per heavy atom. The van der Waals surface area contributed by atoms with Crippen LogP contribution in [0.1, 0.15) is 48.3 Å². The van der Waals surface area contributed by atoms with Gasteiger partial charge < -0.3 is 19.7 Å². The van der Waals surface area contributed by atoms with Gasteiger partial charge in [-0.3, -0.25) is 19.8 Å². The van der Waals surface area contributed by atoms with Crippen LogP contribution in [0.5, 0.6) is 11.5 Å². The lowest BCUT2D eigenvalue weighted by Gasteiger charge is -2.34. The Morgan fingerprint density at radius 3 is 2.64 bits per heavy atom. The molecule has 0 unspecified atom stereocenters. The molecular weight excluding hydrogens is 642 g/mol. The van der Waals surface area contributed by atoms with Crippen molar-refractivity contribution in [1.29, 1.82) is 0 Å². The molecule has 2 aromatic heterocycles. The van der Waals surface area contributed by atoms with E-state index < -0.39 is 23.6 Å². The average Bonchev–Trinajstić information content (AvgIpc) is 3.67. The molecule has 0 radical (unpaired) electrons. The Balaban J connectivity index is 1.08. The summed E-state index contributed by atoms with van der Waals surface area (Å²) in [7, 11) is 0. The summed E-state index contributed by atoms with van der Waals surface area (Å²) in [6.07, 6.45) is -1.58. The number of ether oxygens (including phenoxy) is 2. The van der Waals surface area contributed by atoms with Gasteiger partial charge in [-0.25, -0.2) is 9.37 Å². The molecule has 10 nitrogen and oxygen atoms in total. The second kappa shape index (κ2) is 12.0. The van der Waals surface area contributed by atoms with Crippen LogP contribution < -0.4 is 19.7 Å². The van der Waals surface area contributed by atoms with Crippen molar-refractivity contribution in [2.45, 2.75) is 44.2 Å². The van der Waals surface area contributed by atoms with Crippen LogP contribution in [-0.4, -0.2) is 63.7 Å². The third-order valence-electron chi connectivity index (χ3n) is 8.77. The Kier molecular flexibility index (Phi) is 7.95. The second-order valence-electron chi connectivity index (χ2n) is 12.0. The highest BCUT2D eigenvalue weighted by molar-refractivity contribution is 6.30. The van der Waals surface area contributed by atoms with E-state index in [2.05, 4.69) is 25.3 Å². The number of hydrogen-bond donors (Lipinski definition) is 2. The van der Waals surface area contributed by atoms with E-state index in [1.807, 2.05) is 28.2 Å². The maximum absolute atomic E-state index is 14.8. The first-order valence-electron chi connectivity index (χ1n) is 15.2. The highest BCUT2D eigenvalue weighted by Crippen LogP contribution is 2.50. The average molecular weight is 672 g/mol. The topological polar surface area (TPSA) is 109 Å². The number of likely N-dealkylation sites (tertiary alicyclic amines) is 1. The molecule has 5 heterocycles. The molecule has 2 N–H and O–H groups in total. The fourth-order valence-electron chi connectivity index (χ4n) is 6.41. The number of aromatic nitrogens is 4. The number of piperazine rings is 1. The van der Waals surface area contributed by atoms with Crippen molar-refractivity contribution in [1.82, 2.24) is 30.4 Å². The number of nitrogens with one attached hydrogen (secondary N) is 2. The molecule has 47 heavy (non-hydrogen) atoms. The summed E-state index contributed by atoms with van der Waals surface area (Å²) >= 11 is 5.96. The molecule has 3 aliphatic rings. The minimum absolute atomic E-state index is 0.0992. The number of halogens is 5. The minimum atomic E-state index is -4.66. The molecular formula is C32H30ClF4N7O3. The first kappa shape index (κ1) is 31.2. The van der Waals surface area contributed by atoms with Crippen LogP contribution in [0.15, 0.2) is 48.7 Å².